The molecule has 0 aromatic heterocycles. The first kappa shape index (κ1) is 18.6. The van der Waals surface area contributed by atoms with E-state index in [4.69, 9.17) is 10.5 Å². The molecule has 24 heavy (non-hydrogen) atoms. The second kappa shape index (κ2) is 9.52. The van der Waals surface area contributed by atoms with Gasteiger partial charge in [0.1, 0.15) is 5.75 Å². The smallest absolute Gasteiger partial charge is 0.188 e. The molecule has 0 bridgehead atoms. The highest BCUT2D eigenvalue weighted by molar-refractivity contribution is 5.77. The van der Waals surface area contributed by atoms with Crippen molar-refractivity contribution in [1.82, 2.24) is 10.2 Å². The van der Waals surface area contributed by atoms with Gasteiger partial charge >= 0.3 is 0 Å². The Balaban J connectivity index is 2.06. The molecule has 1 saturated heterocycles. The number of nitrogens with two attached hydrogens (primary N) is 1. The van der Waals surface area contributed by atoms with E-state index >= 15 is 0 Å². The fourth-order valence-electron chi connectivity index (χ4n) is 3.14. The van der Waals surface area contributed by atoms with Crippen LogP contribution in [0, 0.1) is 5.92 Å². The van der Waals surface area contributed by atoms with E-state index in [1.54, 1.807) is 7.11 Å². The number of likely N-dealkylation sites (tertiary alicyclic amines) is 1. The van der Waals surface area contributed by atoms with Gasteiger partial charge in [-0.2, -0.15) is 0 Å². The van der Waals surface area contributed by atoms with Crippen molar-refractivity contribution in [2.24, 2.45) is 16.6 Å². The van der Waals surface area contributed by atoms with E-state index in [1.807, 2.05) is 12.1 Å². The lowest BCUT2D eigenvalue weighted by molar-refractivity contribution is 0.245. The van der Waals surface area contributed by atoms with E-state index in [2.05, 4.69) is 41.2 Å². The van der Waals surface area contributed by atoms with E-state index in [-0.39, 0.29) is 6.04 Å². The molecule has 2 rings (SSSR count). The summed E-state index contributed by atoms with van der Waals surface area (Å²) in [5.41, 5.74) is 7.24. The van der Waals surface area contributed by atoms with Crippen LogP contribution >= 0.6 is 0 Å². The number of methoxy groups -OCH3 is 1. The largest absolute Gasteiger partial charge is 0.496 e. The van der Waals surface area contributed by atoms with Gasteiger partial charge < -0.3 is 15.8 Å². The summed E-state index contributed by atoms with van der Waals surface area (Å²) in [7, 11) is 1.73. The van der Waals surface area contributed by atoms with Crippen molar-refractivity contribution < 1.29 is 4.74 Å². The van der Waals surface area contributed by atoms with E-state index in [0.29, 0.717) is 18.4 Å². The lowest BCUT2D eigenvalue weighted by Gasteiger charge is -2.28. The minimum absolute atomic E-state index is 0.217. The minimum Gasteiger partial charge on any atom is -0.496 e. The van der Waals surface area contributed by atoms with Crippen LogP contribution in [0.4, 0.5) is 0 Å². The summed E-state index contributed by atoms with van der Waals surface area (Å²) in [5.74, 6) is 2.13. The van der Waals surface area contributed by atoms with Crippen molar-refractivity contribution in [3.63, 3.8) is 0 Å². The van der Waals surface area contributed by atoms with Crippen LogP contribution in [0.2, 0.25) is 0 Å². The molecule has 1 unspecified atom stereocenters. The summed E-state index contributed by atoms with van der Waals surface area (Å²) in [6, 6.07) is 8.45. The minimum atomic E-state index is 0.217. The van der Waals surface area contributed by atoms with Crippen molar-refractivity contribution >= 4 is 5.96 Å². The van der Waals surface area contributed by atoms with Crippen molar-refractivity contribution in [1.29, 1.82) is 0 Å². The van der Waals surface area contributed by atoms with Gasteiger partial charge in [0.05, 0.1) is 19.7 Å². The molecule has 1 heterocycles. The Bertz CT molecular complexity index is 524. The van der Waals surface area contributed by atoms with Gasteiger partial charge in [-0.15, -0.1) is 0 Å². The van der Waals surface area contributed by atoms with Crippen LogP contribution in [0.3, 0.4) is 0 Å². The maximum absolute atomic E-state index is 6.04. The molecule has 1 aliphatic heterocycles. The molecule has 1 aromatic rings. The van der Waals surface area contributed by atoms with Crippen LogP contribution in [0.5, 0.6) is 5.75 Å². The molecular formula is C19H32N4O. The van der Waals surface area contributed by atoms with E-state index in [1.165, 1.54) is 18.4 Å². The van der Waals surface area contributed by atoms with Gasteiger partial charge in [0.2, 0.25) is 0 Å². The molecule has 3 N–H and O–H groups in total. The first-order valence-corrected chi connectivity index (χ1v) is 9.02. The zero-order chi connectivity index (χ0) is 17.4. The molecule has 0 spiro atoms. The fraction of sp³-hybridized carbons (Fsp3) is 0.632. The predicted octanol–water partition coefficient (Wildman–Crippen LogP) is 2.78. The van der Waals surface area contributed by atoms with Crippen LogP contribution < -0.4 is 15.8 Å². The fourth-order valence-corrected chi connectivity index (χ4v) is 3.14. The predicted molar refractivity (Wildman–Crippen MR) is 100 cm³/mol. The first-order chi connectivity index (χ1) is 11.6. The second-order valence-corrected chi connectivity index (χ2v) is 6.84. The third-order valence-electron chi connectivity index (χ3n) is 4.54. The number of nitrogens with one attached hydrogen (secondary N) is 1. The molecule has 1 aromatic carbocycles. The lowest BCUT2D eigenvalue weighted by atomic mass is 10.0. The maximum atomic E-state index is 6.04. The third kappa shape index (κ3) is 5.41. The van der Waals surface area contributed by atoms with Crippen molar-refractivity contribution in [2.45, 2.75) is 39.2 Å². The zero-order valence-corrected chi connectivity index (χ0v) is 15.3. The molecule has 1 aliphatic rings. The standard InChI is InChI=1S/C19H32N4O/c1-15(2)10-11-21-19(20)22-14-17(23-12-6-7-13-23)16-8-4-5-9-18(16)24-3/h4-5,8-9,15,17H,6-7,10-14H2,1-3H3,(H3,20,21,22). The van der Waals surface area contributed by atoms with Crippen LogP contribution in [0.15, 0.2) is 29.3 Å². The number of aliphatic imine (C=N–C) groups is 1. The van der Waals surface area contributed by atoms with Gasteiger partial charge in [0.25, 0.3) is 0 Å². The van der Waals surface area contributed by atoms with Crippen LogP contribution in [0.25, 0.3) is 0 Å². The summed E-state index contributed by atoms with van der Waals surface area (Å²) < 4.78 is 5.56. The highest BCUT2D eigenvalue weighted by atomic mass is 16.5. The number of para-hydroxylation sites is 1. The molecule has 1 atom stereocenters. The quantitative estimate of drug-likeness (QED) is 0.567. The van der Waals surface area contributed by atoms with Gasteiger partial charge in [-0.3, -0.25) is 9.89 Å². The van der Waals surface area contributed by atoms with E-state index < -0.39 is 0 Å². The summed E-state index contributed by atoms with van der Waals surface area (Å²) in [4.78, 5) is 7.09. The average molecular weight is 332 g/mol. The number of hydrogen-bond donors (Lipinski definition) is 2. The summed E-state index contributed by atoms with van der Waals surface area (Å²) >= 11 is 0. The van der Waals surface area contributed by atoms with Crippen LogP contribution in [-0.4, -0.2) is 44.1 Å². The van der Waals surface area contributed by atoms with Crippen molar-refractivity contribution in [2.75, 3.05) is 33.3 Å². The Morgan fingerprint density at radius 3 is 2.67 bits per heavy atom. The second-order valence-electron chi connectivity index (χ2n) is 6.84. The molecule has 0 aliphatic carbocycles. The van der Waals surface area contributed by atoms with Gasteiger partial charge in [-0.25, -0.2) is 0 Å². The highest BCUT2D eigenvalue weighted by Gasteiger charge is 2.25. The zero-order valence-electron chi connectivity index (χ0n) is 15.3. The van der Waals surface area contributed by atoms with E-state index in [9.17, 15) is 0 Å². The number of guanidine groups is 1. The number of hydrogen-bond acceptors (Lipinski definition) is 3. The Hall–Kier alpha value is -1.75. The molecule has 0 amide bonds. The van der Waals surface area contributed by atoms with Gasteiger partial charge in [0, 0.05) is 12.1 Å². The summed E-state index contributed by atoms with van der Waals surface area (Å²) in [5, 5.41) is 3.22. The van der Waals surface area contributed by atoms with Gasteiger partial charge in [-0.1, -0.05) is 32.0 Å². The number of ether oxygens (including phenoxy) is 1. The molecule has 134 valence electrons. The highest BCUT2D eigenvalue weighted by Crippen LogP contribution is 2.31. The van der Waals surface area contributed by atoms with Crippen LogP contribution in [0.1, 0.15) is 44.7 Å². The van der Waals surface area contributed by atoms with E-state index in [0.717, 1.165) is 31.8 Å². The molecule has 0 saturated carbocycles. The summed E-state index contributed by atoms with van der Waals surface area (Å²) in [6.07, 6.45) is 3.59. The Morgan fingerprint density at radius 2 is 2.00 bits per heavy atom. The third-order valence-corrected chi connectivity index (χ3v) is 4.54. The van der Waals surface area contributed by atoms with Crippen molar-refractivity contribution in [3.8, 4) is 5.75 Å². The number of benzene rings is 1. The molecule has 5 nitrogen and oxygen atoms in total. The molecule has 5 heteroatoms. The number of rotatable bonds is 8. The Labute approximate surface area is 146 Å². The van der Waals surface area contributed by atoms with Crippen LogP contribution in [-0.2, 0) is 0 Å². The van der Waals surface area contributed by atoms with Gasteiger partial charge in [0.15, 0.2) is 5.96 Å². The first-order valence-electron chi connectivity index (χ1n) is 9.02. The van der Waals surface area contributed by atoms with Crippen molar-refractivity contribution in [3.05, 3.63) is 29.8 Å². The molecular weight excluding hydrogens is 300 g/mol. The monoisotopic (exact) mass is 332 g/mol. The molecule has 0 radical (unpaired) electrons. The summed E-state index contributed by atoms with van der Waals surface area (Å²) in [6.45, 7) is 8.16. The number of nitrogens with zero attached hydrogens (tertiary/aromatic N) is 2. The Kier molecular flexibility index (Phi) is 7.37. The Morgan fingerprint density at radius 1 is 1.29 bits per heavy atom. The maximum Gasteiger partial charge on any atom is 0.188 e. The van der Waals surface area contributed by atoms with Gasteiger partial charge in [-0.05, 0) is 44.3 Å². The topological polar surface area (TPSA) is 62.9 Å². The average Bonchev–Trinajstić information content (AvgIpc) is 3.09. The molecule has 1 fully saturated rings. The SMILES string of the molecule is COc1ccccc1C(CN=C(N)NCCC(C)C)N1CCCC1. The lowest BCUT2D eigenvalue weighted by Crippen LogP contribution is -2.35. The normalized spacial score (nSPS) is 17.2.